The van der Waals surface area contributed by atoms with Gasteiger partial charge >= 0.3 is 0 Å². The van der Waals surface area contributed by atoms with Crippen LogP contribution in [0.5, 0.6) is 5.88 Å². The summed E-state index contributed by atoms with van der Waals surface area (Å²) >= 11 is 2.27. The van der Waals surface area contributed by atoms with Gasteiger partial charge in [-0.3, -0.25) is 0 Å². The molecule has 1 heterocycles. The van der Waals surface area contributed by atoms with Crippen molar-refractivity contribution in [2.45, 2.75) is 13.5 Å². The molecule has 18 heavy (non-hydrogen) atoms. The van der Waals surface area contributed by atoms with Crippen LogP contribution in [-0.4, -0.2) is 15.2 Å². The number of allylic oxidation sites excluding steroid dienone is 1. The molecule has 0 aliphatic rings. The fraction of sp³-hybridized carbons (Fsp3) is 0.154. The highest BCUT2D eigenvalue weighted by molar-refractivity contribution is 14.1. The Hall–Kier alpha value is -1.50. The minimum Gasteiger partial charge on any atom is -0.472 e. The highest BCUT2D eigenvalue weighted by Gasteiger charge is 2.09. The number of ether oxygens (including phenoxy) is 1. The summed E-state index contributed by atoms with van der Waals surface area (Å²) < 4.78 is 6.67. The van der Waals surface area contributed by atoms with E-state index in [1.807, 2.05) is 25.1 Å². The van der Waals surface area contributed by atoms with Crippen molar-refractivity contribution in [1.82, 2.24) is 9.94 Å². The number of nitrogens with zero attached hydrogens (tertiary/aromatic N) is 2. The molecular weight excluding hydrogens is 343 g/mol. The topological polar surface area (TPSA) is 47.3 Å². The van der Waals surface area contributed by atoms with Crippen molar-refractivity contribution in [2.24, 2.45) is 0 Å². The summed E-state index contributed by atoms with van der Waals surface area (Å²) in [4.78, 5) is 0.727. The molecule has 0 amide bonds. The maximum atomic E-state index is 9.06. The average Bonchev–Trinajstić information content (AvgIpc) is 2.73. The van der Waals surface area contributed by atoms with Gasteiger partial charge < -0.3 is 9.94 Å². The van der Waals surface area contributed by atoms with Gasteiger partial charge in [0.25, 0.3) is 0 Å². The lowest BCUT2D eigenvalue weighted by atomic mass is 10.0. The third-order valence-corrected chi connectivity index (χ3v) is 3.51. The van der Waals surface area contributed by atoms with Gasteiger partial charge in [-0.1, -0.05) is 29.4 Å². The molecular formula is C13H13IN2O2. The first-order chi connectivity index (χ1) is 8.58. The molecule has 1 aromatic heterocycles. The van der Waals surface area contributed by atoms with Crippen molar-refractivity contribution >= 4 is 28.2 Å². The van der Waals surface area contributed by atoms with E-state index in [0.29, 0.717) is 12.5 Å². The number of halogens is 1. The molecule has 0 unspecified atom stereocenters. The van der Waals surface area contributed by atoms with Crippen LogP contribution in [0.4, 0.5) is 0 Å². The van der Waals surface area contributed by atoms with E-state index in [-0.39, 0.29) is 0 Å². The maximum Gasteiger partial charge on any atom is 0.236 e. The Morgan fingerprint density at radius 2 is 2.28 bits per heavy atom. The van der Waals surface area contributed by atoms with Crippen LogP contribution in [0.2, 0.25) is 0 Å². The quantitative estimate of drug-likeness (QED) is 0.675. The molecule has 2 aromatic rings. The zero-order valence-corrected chi connectivity index (χ0v) is 12.1. The normalized spacial score (nSPS) is 10.3. The molecule has 2 rings (SSSR count). The Bertz CT molecular complexity index is 578. The van der Waals surface area contributed by atoms with Crippen LogP contribution < -0.4 is 4.74 Å². The van der Waals surface area contributed by atoms with Gasteiger partial charge in [-0.05, 0) is 41.1 Å². The highest BCUT2D eigenvalue weighted by atomic mass is 127. The van der Waals surface area contributed by atoms with Crippen LogP contribution in [0.15, 0.2) is 37.0 Å². The first-order valence-electron chi connectivity index (χ1n) is 5.39. The van der Waals surface area contributed by atoms with Gasteiger partial charge in [0.1, 0.15) is 6.61 Å². The lowest BCUT2D eigenvalue weighted by Gasteiger charge is -2.11. The van der Waals surface area contributed by atoms with Crippen LogP contribution in [0.3, 0.4) is 0 Å². The summed E-state index contributed by atoms with van der Waals surface area (Å²) in [5, 5.41) is 12.8. The summed E-state index contributed by atoms with van der Waals surface area (Å²) in [6, 6.07) is 7.65. The van der Waals surface area contributed by atoms with Gasteiger partial charge in [-0.25, -0.2) is 0 Å². The maximum absolute atomic E-state index is 9.06. The summed E-state index contributed by atoms with van der Waals surface area (Å²) in [5.41, 5.74) is 3.17. The number of hydrogen-bond acceptors (Lipinski definition) is 3. The van der Waals surface area contributed by atoms with Crippen LogP contribution in [0.1, 0.15) is 18.1 Å². The molecule has 0 spiro atoms. The van der Waals surface area contributed by atoms with Crippen molar-refractivity contribution < 1.29 is 9.94 Å². The number of benzene rings is 1. The van der Waals surface area contributed by atoms with Crippen LogP contribution in [-0.2, 0) is 6.61 Å². The Kier molecular flexibility index (Phi) is 3.90. The van der Waals surface area contributed by atoms with Gasteiger partial charge in [0.05, 0.1) is 6.20 Å². The number of aromatic nitrogens is 2. The first-order valence-corrected chi connectivity index (χ1v) is 6.47. The predicted molar refractivity (Wildman–Crippen MR) is 77.6 cm³/mol. The molecule has 94 valence electrons. The molecule has 0 saturated heterocycles. The Morgan fingerprint density at radius 1 is 1.50 bits per heavy atom. The molecule has 0 aliphatic heterocycles. The average molecular weight is 356 g/mol. The van der Waals surface area contributed by atoms with Crippen LogP contribution in [0.25, 0.3) is 5.57 Å². The van der Waals surface area contributed by atoms with Gasteiger partial charge in [0, 0.05) is 15.2 Å². The second kappa shape index (κ2) is 5.43. The van der Waals surface area contributed by atoms with Crippen molar-refractivity contribution in [2.75, 3.05) is 0 Å². The fourth-order valence-electron chi connectivity index (χ4n) is 1.63. The Labute approximate surface area is 119 Å². The van der Waals surface area contributed by atoms with E-state index in [1.165, 1.54) is 6.20 Å². The van der Waals surface area contributed by atoms with E-state index in [1.54, 1.807) is 6.07 Å². The van der Waals surface area contributed by atoms with Gasteiger partial charge in [0.2, 0.25) is 5.88 Å². The van der Waals surface area contributed by atoms with E-state index < -0.39 is 0 Å². The highest BCUT2D eigenvalue weighted by Crippen LogP contribution is 2.23. The van der Waals surface area contributed by atoms with Gasteiger partial charge in [0.15, 0.2) is 0 Å². The second-order valence-electron chi connectivity index (χ2n) is 3.91. The van der Waals surface area contributed by atoms with Crippen molar-refractivity contribution in [3.63, 3.8) is 0 Å². The monoisotopic (exact) mass is 356 g/mol. The third kappa shape index (κ3) is 2.84. The van der Waals surface area contributed by atoms with Gasteiger partial charge in [-0.15, -0.1) is 4.85 Å². The first kappa shape index (κ1) is 12.9. The van der Waals surface area contributed by atoms with E-state index in [4.69, 9.17) is 9.94 Å². The van der Waals surface area contributed by atoms with Crippen LogP contribution in [0, 0.1) is 3.57 Å². The summed E-state index contributed by atoms with van der Waals surface area (Å²) in [6.07, 6.45) is 1.42. The van der Waals surface area contributed by atoms with E-state index in [2.05, 4.69) is 34.3 Å². The minimum atomic E-state index is 0.393. The number of hydrogen-bond donors (Lipinski definition) is 1. The molecule has 1 aromatic carbocycles. The van der Waals surface area contributed by atoms with E-state index in [0.717, 1.165) is 25.1 Å². The molecule has 0 saturated carbocycles. The van der Waals surface area contributed by atoms with E-state index in [9.17, 15) is 0 Å². The number of rotatable bonds is 4. The summed E-state index contributed by atoms with van der Waals surface area (Å²) in [5.74, 6) is 0.393. The molecule has 5 heteroatoms. The Morgan fingerprint density at radius 3 is 2.89 bits per heavy atom. The summed E-state index contributed by atoms with van der Waals surface area (Å²) in [6.45, 7) is 6.34. The molecule has 0 bridgehead atoms. The SMILES string of the molecule is C=C(C)c1cccc(I)c1COc1ccn(O)n1. The molecule has 1 N–H and O–H groups in total. The largest absolute Gasteiger partial charge is 0.472 e. The van der Waals surface area contributed by atoms with Gasteiger partial charge in [-0.2, -0.15) is 0 Å². The molecule has 0 radical (unpaired) electrons. The smallest absolute Gasteiger partial charge is 0.236 e. The zero-order valence-electron chi connectivity index (χ0n) is 9.93. The molecule has 0 aliphatic carbocycles. The Balaban J connectivity index is 2.20. The van der Waals surface area contributed by atoms with E-state index >= 15 is 0 Å². The van der Waals surface area contributed by atoms with Crippen molar-refractivity contribution in [3.8, 4) is 5.88 Å². The lowest BCUT2D eigenvalue weighted by molar-refractivity contribution is 0.141. The van der Waals surface area contributed by atoms with Crippen molar-refractivity contribution in [3.05, 3.63) is 51.7 Å². The molecule has 4 nitrogen and oxygen atoms in total. The summed E-state index contributed by atoms with van der Waals surface area (Å²) in [7, 11) is 0. The fourth-order valence-corrected chi connectivity index (χ4v) is 2.28. The molecule has 0 fully saturated rings. The minimum absolute atomic E-state index is 0.393. The second-order valence-corrected chi connectivity index (χ2v) is 5.07. The predicted octanol–water partition coefficient (Wildman–Crippen LogP) is 3.34. The van der Waals surface area contributed by atoms with Crippen LogP contribution >= 0.6 is 22.6 Å². The zero-order chi connectivity index (χ0) is 13.1. The molecule has 0 atom stereocenters. The lowest BCUT2D eigenvalue weighted by Crippen LogP contribution is -2.02. The third-order valence-electron chi connectivity index (χ3n) is 2.49. The van der Waals surface area contributed by atoms with Crippen molar-refractivity contribution in [1.29, 1.82) is 0 Å². The standard InChI is InChI=1S/C13H13IN2O2/c1-9(2)10-4-3-5-12(14)11(10)8-18-13-6-7-16(17)15-13/h3-7,17H,1,8H2,2H3.